The smallest absolute Gasteiger partial charge is 0.429 e. The molecule has 0 bridgehead atoms. The highest BCUT2D eigenvalue weighted by Gasteiger charge is 2.39. The summed E-state index contributed by atoms with van der Waals surface area (Å²) in [7, 11) is 0. The van der Waals surface area contributed by atoms with Crippen molar-refractivity contribution in [1.29, 1.82) is 0 Å². The van der Waals surface area contributed by atoms with Gasteiger partial charge in [0.25, 0.3) is 0 Å². The quantitative estimate of drug-likeness (QED) is 0.328. The molecule has 0 atom stereocenters. The second kappa shape index (κ2) is 7.53. The van der Waals surface area contributed by atoms with E-state index in [9.17, 15) is 35.1 Å². The highest BCUT2D eigenvalue weighted by molar-refractivity contribution is 5.85. The summed E-state index contributed by atoms with van der Waals surface area (Å²) in [6.07, 6.45) is -3.90. The average molecular weight is 420 g/mol. The number of alkyl halides is 2. The van der Waals surface area contributed by atoms with Crippen molar-refractivity contribution in [2.24, 2.45) is 0 Å². The molecule has 3 aromatic carbocycles. The van der Waals surface area contributed by atoms with Crippen molar-refractivity contribution in [3.05, 3.63) is 76.4 Å². The van der Waals surface area contributed by atoms with Gasteiger partial charge in [0.1, 0.15) is 17.1 Å². The molecule has 0 unspecified atom stereocenters. The number of hydrogen-bond acceptors (Lipinski definition) is 1. The van der Waals surface area contributed by atoms with Crippen LogP contribution in [0.3, 0.4) is 0 Å². The van der Waals surface area contributed by atoms with Crippen molar-refractivity contribution < 1.29 is 39.9 Å². The monoisotopic (exact) mass is 420 g/mol. The van der Waals surface area contributed by atoms with E-state index in [2.05, 4.69) is 4.74 Å². The summed E-state index contributed by atoms with van der Waals surface area (Å²) in [5.74, 6) is -11.4. The Morgan fingerprint density at radius 3 is 2.00 bits per heavy atom. The van der Waals surface area contributed by atoms with Crippen molar-refractivity contribution in [2.75, 3.05) is 0 Å². The van der Waals surface area contributed by atoms with Crippen LogP contribution in [0.15, 0.2) is 30.3 Å². The molecule has 0 heterocycles. The van der Waals surface area contributed by atoms with Crippen molar-refractivity contribution in [1.82, 2.24) is 0 Å². The minimum atomic E-state index is -4.53. The topological polar surface area (TPSA) is 9.23 Å². The Morgan fingerprint density at radius 2 is 1.41 bits per heavy atom. The minimum absolute atomic E-state index is 0.0371. The van der Waals surface area contributed by atoms with Gasteiger partial charge in [-0.05, 0) is 29.5 Å². The van der Waals surface area contributed by atoms with Crippen LogP contribution >= 0.6 is 0 Å². The number of halogens is 8. The van der Waals surface area contributed by atoms with E-state index >= 15 is 0 Å². The van der Waals surface area contributed by atoms with Crippen LogP contribution in [0.2, 0.25) is 0 Å². The van der Waals surface area contributed by atoms with Gasteiger partial charge in [0.2, 0.25) is 0 Å². The Morgan fingerprint density at radius 1 is 0.793 bits per heavy atom. The van der Waals surface area contributed by atoms with Gasteiger partial charge in [-0.15, -0.1) is 0 Å². The zero-order chi connectivity index (χ0) is 21.5. The molecular formula is C20H12F8O. The van der Waals surface area contributed by atoms with E-state index < -0.39 is 57.7 Å². The number of rotatable bonds is 5. The van der Waals surface area contributed by atoms with Crippen LogP contribution in [0.1, 0.15) is 24.5 Å². The molecule has 0 spiro atoms. The van der Waals surface area contributed by atoms with Gasteiger partial charge in [-0.2, -0.15) is 8.78 Å². The molecule has 154 valence electrons. The highest BCUT2D eigenvalue weighted by atomic mass is 19.3. The molecule has 1 nitrogen and oxygen atoms in total. The SMILES string of the molecule is CCCc1cc2ccc(C(F)(F)Oc3cc(F)c(F)c(F)c3)c(F)c2c(F)c1F. The minimum Gasteiger partial charge on any atom is -0.429 e. The van der Waals surface area contributed by atoms with Gasteiger partial charge in [0.05, 0.1) is 5.39 Å². The van der Waals surface area contributed by atoms with Crippen LogP contribution in [-0.4, -0.2) is 0 Å². The van der Waals surface area contributed by atoms with Gasteiger partial charge in [-0.3, -0.25) is 0 Å². The Bertz CT molecular complexity index is 1070. The molecule has 29 heavy (non-hydrogen) atoms. The fourth-order valence-electron chi connectivity index (χ4n) is 2.91. The summed E-state index contributed by atoms with van der Waals surface area (Å²) >= 11 is 0. The van der Waals surface area contributed by atoms with E-state index in [1.54, 1.807) is 6.92 Å². The maximum Gasteiger partial charge on any atom is 0.429 e. The number of hydrogen-bond donors (Lipinski definition) is 0. The number of benzene rings is 3. The summed E-state index contributed by atoms with van der Waals surface area (Å²) in [5.41, 5.74) is -1.53. The maximum atomic E-state index is 14.7. The normalized spacial score (nSPS) is 11.9. The molecule has 0 aromatic heterocycles. The first-order chi connectivity index (χ1) is 13.6. The van der Waals surface area contributed by atoms with E-state index in [0.717, 1.165) is 12.1 Å². The third-order valence-electron chi connectivity index (χ3n) is 4.23. The lowest BCUT2D eigenvalue weighted by molar-refractivity contribution is -0.187. The lowest BCUT2D eigenvalue weighted by Crippen LogP contribution is -2.24. The standard InChI is InChI=1S/C20H12F8O/c1-2-3-10-6-9-4-5-12(17(24)15(9)19(26)16(10)23)20(27,28)29-11-7-13(21)18(25)14(22)8-11/h4-8H,2-3H2,1H3. The fourth-order valence-corrected chi connectivity index (χ4v) is 2.91. The Kier molecular flexibility index (Phi) is 5.42. The molecule has 0 radical (unpaired) electrons. The van der Waals surface area contributed by atoms with Crippen LogP contribution in [0.25, 0.3) is 10.8 Å². The maximum absolute atomic E-state index is 14.7. The Balaban J connectivity index is 2.10. The first kappa shape index (κ1) is 20.9. The number of fused-ring (bicyclic) bond motifs is 1. The molecule has 3 rings (SSSR count). The molecule has 0 saturated carbocycles. The van der Waals surface area contributed by atoms with Crippen molar-refractivity contribution in [3.63, 3.8) is 0 Å². The third-order valence-corrected chi connectivity index (χ3v) is 4.23. The van der Waals surface area contributed by atoms with E-state index in [0.29, 0.717) is 12.5 Å². The second-order valence-electron chi connectivity index (χ2n) is 6.26. The van der Waals surface area contributed by atoms with E-state index in [1.165, 1.54) is 0 Å². The van der Waals surface area contributed by atoms with Crippen molar-refractivity contribution in [2.45, 2.75) is 25.9 Å². The molecule has 0 amide bonds. The molecule has 0 aliphatic carbocycles. The second-order valence-corrected chi connectivity index (χ2v) is 6.26. The first-order valence-electron chi connectivity index (χ1n) is 8.37. The molecule has 3 aromatic rings. The van der Waals surface area contributed by atoms with E-state index in [4.69, 9.17) is 0 Å². The van der Waals surface area contributed by atoms with Crippen LogP contribution < -0.4 is 4.74 Å². The molecule has 0 saturated heterocycles. The molecule has 0 aliphatic rings. The summed E-state index contributed by atoms with van der Waals surface area (Å²) in [6.45, 7) is 1.71. The predicted molar refractivity (Wildman–Crippen MR) is 88.7 cm³/mol. The van der Waals surface area contributed by atoms with Crippen LogP contribution in [-0.2, 0) is 12.5 Å². The molecule has 9 heteroatoms. The molecule has 0 aliphatic heterocycles. The van der Waals surface area contributed by atoms with Gasteiger partial charge in [0.15, 0.2) is 29.1 Å². The fraction of sp³-hybridized carbons (Fsp3) is 0.200. The number of ether oxygens (including phenoxy) is 1. The summed E-state index contributed by atoms with van der Waals surface area (Å²) in [4.78, 5) is 0. The van der Waals surface area contributed by atoms with E-state index in [-0.39, 0.29) is 29.5 Å². The predicted octanol–water partition coefficient (Wildman–Crippen LogP) is 6.76. The summed E-state index contributed by atoms with van der Waals surface area (Å²) in [6, 6.07) is 2.96. The summed E-state index contributed by atoms with van der Waals surface area (Å²) in [5, 5.41) is -1.16. The van der Waals surface area contributed by atoms with Crippen LogP contribution in [0.4, 0.5) is 35.1 Å². The van der Waals surface area contributed by atoms with Gasteiger partial charge in [-0.1, -0.05) is 19.4 Å². The first-order valence-corrected chi connectivity index (χ1v) is 8.37. The zero-order valence-electron chi connectivity index (χ0n) is 14.7. The highest BCUT2D eigenvalue weighted by Crippen LogP contribution is 2.38. The van der Waals surface area contributed by atoms with Crippen molar-refractivity contribution >= 4 is 10.8 Å². The molecule has 0 fully saturated rings. The zero-order valence-corrected chi connectivity index (χ0v) is 14.7. The van der Waals surface area contributed by atoms with Gasteiger partial charge < -0.3 is 4.74 Å². The average Bonchev–Trinajstić information content (AvgIpc) is 2.63. The lowest BCUT2D eigenvalue weighted by Gasteiger charge is -2.20. The molecular weight excluding hydrogens is 408 g/mol. The van der Waals surface area contributed by atoms with Crippen LogP contribution in [0.5, 0.6) is 5.75 Å². The third kappa shape index (κ3) is 3.73. The van der Waals surface area contributed by atoms with Gasteiger partial charge in [0, 0.05) is 12.1 Å². The lowest BCUT2D eigenvalue weighted by atomic mass is 9.99. The number of aryl methyl sites for hydroxylation is 1. The van der Waals surface area contributed by atoms with Gasteiger partial charge >= 0.3 is 6.11 Å². The van der Waals surface area contributed by atoms with Gasteiger partial charge in [-0.25, -0.2) is 26.3 Å². The van der Waals surface area contributed by atoms with Crippen molar-refractivity contribution in [3.8, 4) is 5.75 Å². The Hall–Kier alpha value is -2.84. The van der Waals surface area contributed by atoms with Crippen LogP contribution in [0, 0.1) is 34.9 Å². The molecule has 0 N–H and O–H groups in total. The largest absolute Gasteiger partial charge is 0.429 e. The summed E-state index contributed by atoms with van der Waals surface area (Å²) < 4.78 is 115. The Labute approximate surface area is 159 Å². The van der Waals surface area contributed by atoms with E-state index in [1.807, 2.05) is 0 Å².